The van der Waals surface area contributed by atoms with Gasteiger partial charge in [-0.2, -0.15) is 0 Å². The Morgan fingerprint density at radius 3 is 1.29 bits per heavy atom. The minimum Gasteiger partial charge on any atom is -0.305 e. The molecule has 0 radical (unpaired) electrons. The topological polar surface area (TPSA) is 0 Å². The number of hydrogen-bond acceptors (Lipinski definition) is 2. The van der Waals surface area contributed by atoms with Gasteiger partial charge in [0.25, 0.3) is 0 Å². The maximum Gasteiger partial charge on any atom is 0.129 e. The Morgan fingerprint density at radius 2 is 1.00 bits per heavy atom. The van der Waals surface area contributed by atoms with Crippen molar-refractivity contribution >= 4 is 23.5 Å². The van der Waals surface area contributed by atoms with Gasteiger partial charge < -0.3 is 8.97 Å². The van der Waals surface area contributed by atoms with Crippen LogP contribution in [0.3, 0.4) is 0 Å². The summed E-state index contributed by atoms with van der Waals surface area (Å²) in [4.78, 5) is 0. The van der Waals surface area contributed by atoms with Crippen molar-refractivity contribution in [2.45, 2.75) is 0 Å². The predicted octanol–water partition coefficient (Wildman–Crippen LogP) is 1.04. The first-order chi connectivity index (χ1) is 6.83. The summed E-state index contributed by atoms with van der Waals surface area (Å²) in [7, 11) is 0. The molecule has 0 unspecified atom stereocenters. The van der Waals surface area contributed by atoms with Gasteiger partial charge >= 0.3 is 0 Å². The van der Waals surface area contributed by atoms with Gasteiger partial charge in [0.05, 0.1) is 13.1 Å². The molecule has 3 rings (SSSR count). The standard InChI is InChI=1S/C10H20N2S2/c1-2-12(6-8-14-10-12)4-3-11(1)5-7-13-9-11/h1-10H2/q+2. The molecule has 3 aliphatic heterocycles. The summed E-state index contributed by atoms with van der Waals surface area (Å²) in [5, 5.41) is 0. The molecule has 3 heterocycles. The van der Waals surface area contributed by atoms with Crippen molar-refractivity contribution in [1.82, 2.24) is 0 Å². The molecule has 2 spiro atoms. The van der Waals surface area contributed by atoms with Gasteiger partial charge in [0.2, 0.25) is 0 Å². The monoisotopic (exact) mass is 232 g/mol. The number of quaternary nitrogens is 2. The summed E-state index contributed by atoms with van der Waals surface area (Å²) in [6, 6.07) is 0. The molecule has 0 N–H and O–H groups in total. The molecule has 0 saturated carbocycles. The summed E-state index contributed by atoms with van der Waals surface area (Å²) in [5.74, 6) is 5.64. The van der Waals surface area contributed by atoms with E-state index in [1.807, 2.05) is 0 Å². The van der Waals surface area contributed by atoms with E-state index in [1.165, 1.54) is 71.5 Å². The van der Waals surface area contributed by atoms with Crippen LogP contribution in [-0.2, 0) is 0 Å². The second kappa shape index (κ2) is 3.58. The highest BCUT2D eigenvalue weighted by molar-refractivity contribution is 7.99. The second-order valence-corrected chi connectivity index (χ2v) is 7.25. The molecule has 2 nitrogen and oxygen atoms in total. The van der Waals surface area contributed by atoms with Gasteiger partial charge in [0, 0.05) is 11.5 Å². The highest BCUT2D eigenvalue weighted by Crippen LogP contribution is 2.31. The average molecular weight is 232 g/mol. The molecule has 0 aromatic heterocycles. The molecule has 0 atom stereocenters. The van der Waals surface area contributed by atoms with Crippen LogP contribution in [-0.4, -0.2) is 71.5 Å². The van der Waals surface area contributed by atoms with Crippen molar-refractivity contribution in [2.24, 2.45) is 0 Å². The van der Waals surface area contributed by atoms with Crippen LogP contribution in [0.4, 0.5) is 0 Å². The number of rotatable bonds is 0. The first-order valence-electron chi connectivity index (χ1n) is 5.68. The van der Waals surface area contributed by atoms with Crippen LogP contribution in [0, 0.1) is 0 Å². The van der Waals surface area contributed by atoms with Crippen molar-refractivity contribution in [3.05, 3.63) is 0 Å². The van der Waals surface area contributed by atoms with Gasteiger partial charge in [0.15, 0.2) is 0 Å². The maximum atomic E-state index is 2.17. The van der Waals surface area contributed by atoms with Gasteiger partial charge in [-0.05, 0) is 0 Å². The van der Waals surface area contributed by atoms with Crippen LogP contribution in [0.2, 0.25) is 0 Å². The van der Waals surface area contributed by atoms with Gasteiger partial charge in [-0.3, -0.25) is 0 Å². The molecule has 0 amide bonds. The SMILES string of the molecule is C1C[N+]2(CC[N+]3(CCSC3)CC2)CS1. The lowest BCUT2D eigenvalue weighted by Gasteiger charge is -2.45. The van der Waals surface area contributed by atoms with Crippen LogP contribution in [0.5, 0.6) is 0 Å². The lowest BCUT2D eigenvalue weighted by atomic mass is 10.2. The van der Waals surface area contributed by atoms with E-state index in [2.05, 4.69) is 23.5 Å². The smallest absolute Gasteiger partial charge is 0.129 e. The summed E-state index contributed by atoms with van der Waals surface area (Å²) >= 11 is 4.34. The third kappa shape index (κ3) is 1.60. The van der Waals surface area contributed by atoms with E-state index in [4.69, 9.17) is 0 Å². The fraction of sp³-hybridized carbons (Fsp3) is 1.00. The number of hydrogen-bond donors (Lipinski definition) is 0. The van der Waals surface area contributed by atoms with Gasteiger partial charge in [-0.15, -0.1) is 0 Å². The zero-order valence-electron chi connectivity index (χ0n) is 8.78. The minimum absolute atomic E-state index is 1.41. The Kier molecular flexibility index (Phi) is 2.51. The van der Waals surface area contributed by atoms with Gasteiger partial charge in [-0.1, -0.05) is 23.5 Å². The quantitative estimate of drug-likeness (QED) is 0.573. The summed E-state index contributed by atoms with van der Waals surface area (Å²) in [5.41, 5.74) is 0. The Labute approximate surface area is 95.2 Å². The first kappa shape index (κ1) is 9.82. The summed E-state index contributed by atoms with van der Waals surface area (Å²) < 4.78 is 2.91. The van der Waals surface area contributed by atoms with Crippen LogP contribution in [0.15, 0.2) is 0 Å². The lowest BCUT2D eigenvalue weighted by molar-refractivity contribution is -1.02. The normalized spacial score (nSPS) is 48.0. The maximum absolute atomic E-state index is 2.17. The molecule has 3 fully saturated rings. The van der Waals surface area contributed by atoms with Crippen molar-refractivity contribution in [3.8, 4) is 0 Å². The van der Waals surface area contributed by atoms with Gasteiger partial charge in [-0.25, -0.2) is 0 Å². The van der Waals surface area contributed by atoms with E-state index in [0.29, 0.717) is 0 Å². The zero-order chi connectivity index (χ0) is 9.49. The van der Waals surface area contributed by atoms with Crippen molar-refractivity contribution < 1.29 is 8.97 Å². The molecule has 3 saturated heterocycles. The molecule has 3 aliphatic rings. The largest absolute Gasteiger partial charge is 0.305 e. The highest BCUT2D eigenvalue weighted by Gasteiger charge is 2.45. The molecular formula is C10H20N2S2+2. The molecule has 80 valence electrons. The molecule has 14 heavy (non-hydrogen) atoms. The summed E-state index contributed by atoms with van der Waals surface area (Å²) in [6.45, 7) is 8.78. The number of nitrogens with zero attached hydrogens (tertiary/aromatic N) is 2. The fourth-order valence-corrected chi connectivity index (χ4v) is 5.78. The second-order valence-electron chi connectivity index (χ2n) is 5.10. The van der Waals surface area contributed by atoms with Crippen LogP contribution >= 0.6 is 23.5 Å². The Bertz CT molecular complexity index is 184. The Balaban J connectivity index is 1.66. The van der Waals surface area contributed by atoms with Crippen molar-refractivity contribution in [1.29, 1.82) is 0 Å². The van der Waals surface area contributed by atoms with Crippen molar-refractivity contribution in [2.75, 3.05) is 62.5 Å². The molecule has 4 heteroatoms. The highest BCUT2D eigenvalue weighted by atomic mass is 32.2. The predicted molar refractivity (Wildman–Crippen MR) is 64.4 cm³/mol. The fourth-order valence-electron chi connectivity index (χ4n) is 2.94. The first-order valence-corrected chi connectivity index (χ1v) is 7.99. The van der Waals surface area contributed by atoms with Crippen molar-refractivity contribution in [3.63, 3.8) is 0 Å². The number of thioether (sulfide) groups is 2. The molecule has 0 aromatic rings. The van der Waals surface area contributed by atoms with E-state index < -0.39 is 0 Å². The third-order valence-corrected chi connectivity index (χ3v) is 6.65. The van der Waals surface area contributed by atoms with Crippen LogP contribution in [0.25, 0.3) is 0 Å². The van der Waals surface area contributed by atoms with E-state index in [9.17, 15) is 0 Å². The van der Waals surface area contributed by atoms with E-state index in [-0.39, 0.29) is 0 Å². The van der Waals surface area contributed by atoms with Crippen LogP contribution < -0.4 is 0 Å². The molecular weight excluding hydrogens is 212 g/mol. The molecule has 0 bridgehead atoms. The Hall–Kier alpha value is 0.620. The van der Waals surface area contributed by atoms with E-state index in [1.54, 1.807) is 0 Å². The van der Waals surface area contributed by atoms with Gasteiger partial charge in [0.1, 0.15) is 37.9 Å². The summed E-state index contributed by atoms with van der Waals surface area (Å²) in [6.07, 6.45) is 0. The average Bonchev–Trinajstić information content (AvgIpc) is 2.81. The van der Waals surface area contributed by atoms with E-state index >= 15 is 0 Å². The number of piperazine rings is 1. The third-order valence-electron chi connectivity index (χ3n) is 4.25. The van der Waals surface area contributed by atoms with E-state index in [0.717, 1.165) is 0 Å². The molecule has 0 aliphatic carbocycles. The van der Waals surface area contributed by atoms with Crippen LogP contribution in [0.1, 0.15) is 0 Å². The zero-order valence-corrected chi connectivity index (χ0v) is 10.4. The Morgan fingerprint density at radius 1 is 0.571 bits per heavy atom. The molecule has 0 aromatic carbocycles. The lowest BCUT2D eigenvalue weighted by Crippen LogP contribution is -2.64. The minimum atomic E-state index is 1.41.